The Labute approximate surface area is 168 Å². The van der Waals surface area contributed by atoms with Crippen molar-refractivity contribution in [2.45, 2.75) is 25.0 Å². The molecule has 2 aromatic rings. The van der Waals surface area contributed by atoms with E-state index in [2.05, 4.69) is 59.7 Å². The molecule has 28 heavy (non-hydrogen) atoms. The first-order valence-electron chi connectivity index (χ1n) is 9.98. The molecule has 2 unspecified atom stereocenters. The highest BCUT2D eigenvalue weighted by Crippen LogP contribution is 2.34. The number of rotatable bonds is 9. The average Bonchev–Trinajstić information content (AvgIpc) is 2.75. The molecule has 0 amide bonds. The van der Waals surface area contributed by atoms with Crippen LogP contribution in [0.1, 0.15) is 23.5 Å². The van der Waals surface area contributed by atoms with Crippen molar-refractivity contribution in [3.05, 3.63) is 59.7 Å². The third kappa shape index (κ3) is 5.47. The van der Waals surface area contributed by atoms with Crippen LogP contribution >= 0.6 is 0 Å². The normalized spacial score (nSPS) is 18.1. The molecule has 0 aliphatic carbocycles. The average molecular weight is 385 g/mol. The Hall–Kier alpha value is -2.08. The van der Waals surface area contributed by atoms with Crippen molar-refractivity contribution in [1.29, 1.82) is 0 Å². The molecule has 3 rings (SSSR count). The second-order valence-electron chi connectivity index (χ2n) is 7.35. The zero-order valence-corrected chi connectivity index (χ0v) is 17.2. The summed E-state index contributed by atoms with van der Waals surface area (Å²) in [4.78, 5) is 2.37. The highest BCUT2D eigenvalue weighted by molar-refractivity contribution is 5.44. The first kappa shape index (κ1) is 20.6. The molecule has 0 radical (unpaired) electrons. The summed E-state index contributed by atoms with van der Waals surface area (Å²) in [6.45, 7) is 4.50. The Kier molecular flexibility index (Phi) is 7.71. The van der Waals surface area contributed by atoms with Gasteiger partial charge in [0.25, 0.3) is 0 Å². The molecule has 1 N–H and O–H groups in total. The molecule has 2 atom stereocenters. The van der Waals surface area contributed by atoms with E-state index in [-0.39, 0.29) is 6.10 Å². The molecule has 5 nitrogen and oxygen atoms in total. The van der Waals surface area contributed by atoms with Gasteiger partial charge in [0.05, 0.1) is 26.9 Å². The third-order valence-corrected chi connectivity index (χ3v) is 5.36. The Morgan fingerprint density at radius 2 is 1.89 bits per heavy atom. The summed E-state index contributed by atoms with van der Waals surface area (Å²) in [7, 11) is 5.53. The van der Waals surface area contributed by atoms with E-state index in [1.807, 2.05) is 6.07 Å². The van der Waals surface area contributed by atoms with Gasteiger partial charge in [-0.25, -0.2) is 0 Å². The molecule has 0 spiro atoms. The minimum atomic E-state index is 0.164. The van der Waals surface area contributed by atoms with Crippen molar-refractivity contribution in [1.82, 2.24) is 10.2 Å². The number of benzene rings is 2. The molecule has 0 bridgehead atoms. The van der Waals surface area contributed by atoms with E-state index in [1.54, 1.807) is 14.2 Å². The first-order chi connectivity index (χ1) is 13.7. The fourth-order valence-corrected chi connectivity index (χ4v) is 3.83. The van der Waals surface area contributed by atoms with Crippen molar-refractivity contribution < 1.29 is 14.2 Å². The molecule has 1 aliphatic rings. The maximum Gasteiger partial charge on any atom is 0.160 e. The highest BCUT2D eigenvalue weighted by Gasteiger charge is 2.27. The number of methoxy groups -OCH3 is 2. The lowest BCUT2D eigenvalue weighted by Gasteiger charge is -2.32. The number of nitrogens with zero attached hydrogens (tertiary/aromatic N) is 1. The van der Waals surface area contributed by atoms with E-state index in [1.165, 1.54) is 11.1 Å². The number of hydrogen-bond donors (Lipinski definition) is 1. The molecule has 0 saturated carbocycles. The molecular weight excluding hydrogens is 352 g/mol. The van der Waals surface area contributed by atoms with Gasteiger partial charge in [0.15, 0.2) is 11.5 Å². The maximum atomic E-state index is 6.12. The van der Waals surface area contributed by atoms with E-state index >= 15 is 0 Å². The quantitative estimate of drug-likeness (QED) is 0.719. The first-order valence-corrected chi connectivity index (χ1v) is 9.98. The van der Waals surface area contributed by atoms with Gasteiger partial charge in [0.1, 0.15) is 0 Å². The van der Waals surface area contributed by atoms with Crippen LogP contribution in [0.2, 0.25) is 0 Å². The number of hydrogen-bond acceptors (Lipinski definition) is 5. The largest absolute Gasteiger partial charge is 0.493 e. The van der Waals surface area contributed by atoms with E-state index in [4.69, 9.17) is 14.2 Å². The molecule has 2 aromatic carbocycles. The van der Waals surface area contributed by atoms with E-state index in [0.29, 0.717) is 5.92 Å². The molecule has 1 heterocycles. The molecule has 5 heteroatoms. The Balaban J connectivity index is 1.72. The summed E-state index contributed by atoms with van der Waals surface area (Å²) in [6, 6.07) is 16.8. The van der Waals surface area contributed by atoms with E-state index < -0.39 is 0 Å². The minimum absolute atomic E-state index is 0.164. The van der Waals surface area contributed by atoms with Crippen molar-refractivity contribution >= 4 is 0 Å². The van der Waals surface area contributed by atoms with Crippen LogP contribution in [0.3, 0.4) is 0 Å². The fraction of sp³-hybridized carbons (Fsp3) is 0.478. The molecule has 0 aromatic heterocycles. The van der Waals surface area contributed by atoms with Crippen LogP contribution < -0.4 is 14.8 Å². The standard InChI is InChI=1S/C23H32N2O3/c1-25(17-18-7-5-4-6-8-18)13-11-20(23-16-24-12-14-28-23)19-9-10-21(26-2)22(15-19)27-3/h4-10,15,20,23-24H,11-14,16-17H2,1-3H3. The second kappa shape index (κ2) is 10.5. The van der Waals surface area contributed by atoms with Crippen molar-refractivity contribution in [3.63, 3.8) is 0 Å². The zero-order chi connectivity index (χ0) is 19.8. The Morgan fingerprint density at radius 3 is 2.57 bits per heavy atom. The predicted molar refractivity (Wildman–Crippen MR) is 112 cm³/mol. The van der Waals surface area contributed by atoms with Gasteiger partial charge in [-0.05, 0) is 43.3 Å². The summed E-state index contributed by atoms with van der Waals surface area (Å²) >= 11 is 0. The number of morpholine rings is 1. The molecule has 152 valence electrons. The molecule has 1 aliphatic heterocycles. The van der Waals surface area contributed by atoms with Gasteiger partial charge >= 0.3 is 0 Å². The van der Waals surface area contributed by atoms with Gasteiger partial charge in [-0.2, -0.15) is 0 Å². The third-order valence-electron chi connectivity index (χ3n) is 5.36. The van der Waals surface area contributed by atoms with Crippen LogP contribution in [0.4, 0.5) is 0 Å². The van der Waals surface area contributed by atoms with Crippen LogP contribution in [0.15, 0.2) is 48.5 Å². The van der Waals surface area contributed by atoms with Crippen molar-refractivity contribution in [2.75, 3.05) is 47.5 Å². The lowest BCUT2D eigenvalue weighted by Crippen LogP contribution is -2.42. The van der Waals surface area contributed by atoms with Gasteiger partial charge in [-0.15, -0.1) is 0 Å². The van der Waals surface area contributed by atoms with Gasteiger partial charge in [-0.3, -0.25) is 0 Å². The maximum absolute atomic E-state index is 6.12. The topological polar surface area (TPSA) is 43.0 Å². The minimum Gasteiger partial charge on any atom is -0.493 e. The smallest absolute Gasteiger partial charge is 0.160 e. The summed E-state index contributed by atoms with van der Waals surface area (Å²) in [5.74, 6) is 1.83. The molecule has 1 saturated heterocycles. The lowest BCUT2D eigenvalue weighted by atomic mass is 9.89. The van der Waals surface area contributed by atoms with Crippen LogP contribution in [-0.2, 0) is 11.3 Å². The lowest BCUT2D eigenvalue weighted by molar-refractivity contribution is 0.00760. The number of ether oxygens (including phenoxy) is 3. The van der Waals surface area contributed by atoms with E-state index in [0.717, 1.165) is 50.7 Å². The van der Waals surface area contributed by atoms with Gasteiger partial charge in [0, 0.05) is 25.6 Å². The highest BCUT2D eigenvalue weighted by atomic mass is 16.5. The Bertz CT molecular complexity index is 717. The zero-order valence-electron chi connectivity index (χ0n) is 17.2. The Morgan fingerprint density at radius 1 is 1.11 bits per heavy atom. The van der Waals surface area contributed by atoms with Crippen molar-refractivity contribution in [3.8, 4) is 11.5 Å². The SMILES string of the molecule is COc1ccc(C(CCN(C)Cc2ccccc2)C2CNCCO2)cc1OC. The van der Waals surface area contributed by atoms with E-state index in [9.17, 15) is 0 Å². The summed E-state index contributed by atoms with van der Waals surface area (Å²) in [6.07, 6.45) is 1.18. The van der Waals surface area contributed by atoms with Crippen LogP contribution in [0.5, 0.6) is 11.5 Å². The van der Waals surface area contributed by atoms with Crippen LogP contribution in [-0.4, -0.2) is 58.5 Å². The van der Waals surface area contributed by atoms with Crippen LogP contribution in [0, 0.1) is 0 Å². The molecule has 1 fully saturated rings. The number of nitrogens with one attached hydrogen (secondary N) is 1. The monoisotopic (exact) mass is 384 g/mol. The van der Waals surface area contributed by atoms with Gasteiger partial charge in [-0.1, -0.05) is 36.4 Å². The fourth-order valence-electron chi connectivity index (χ4n) is 3.83. The predicted octanol–water partition coefficient (Wildman–Crippen LogP) is 3.30. The summed E-state index contributed by atoms with van der Waals surface area (Å²) < 4.78 is 17.1. The summed E-state index contributed by atoms with van der Waals surface area (Å²) in [5.41, 5.74) is 2.57. The van der Waals surface area contributed by atoms with Crippen molar-refractivity contribution in [2.24, 2.45) is 0 Å². The summed E-state index contributed by atoms with van der Waals surface area (Å²) in [5, 5.41) is 3.47. The van der Waals surface area contributed by atoms with Gasteiger partial charge < -0.3 is 24.4 Å². The second-order valence-corrected chi connectivity index (χ2v) is 7.35. The molecular formula is C23H32N2O3. The van der Waals surface area contributed by atoms with Crippen LogP contribution in [0.25, 0.3) is 0 Å². The van der Waals surface area contributed by atoms with Gasteiger partial charge in [0.2, 0.25) is 0 Å².